The van der Waals surface area contributed by atoms with Crippen LogP contribution in [0, 0.1) is 0 Å². The zero-order valence-electron chi connectivity index (χ0n) is 11.4. The molecule has 0 heterocycles. The molecular weight excluding hydrogens is 198 g/mol. The van der Waals surface area contributed by atoms with Crippen LogP contribution in [0.1, 0.15) is 65.7 Å². The van der Waals surface area contributed by atoms with Gasteiger partial charge in [-0.2, -0.15) is 0 Å². The second kappa shape index (κ2) is 11.1. The maximum absolute atomic E-state index is 10.8. The first-order valence-electron chi connectivity index (χ1n) is 6.92. The van der Waals surface area contributed by atoms with Crippen LogP contribution in [0.4, 0.5) is 0 Å². The average Bonchev–Trinajstić information content (AvgIpc) is 2.26. The van der Waals surface area contributed by atoms with Crippen molar-refractivity contribution in [3.8, 4) is 0 Å². The maximum atomic E-state index is 10.8. The van der Waals surface area contributed by atoms with Crippen LogP contribution in [0.25, 0.3) is 0 Å². The molecule has 0 saturated carbocycles. The smallest absolute Gasteiger partial charge is 0.129 e. The summed E-state index contributed by atoms with van der Waals surface area (Å²) in [6, 6.07) is 0. The van der Waals surface area contributed by atoms with Crippen molar-refractivity contribution in [2.75, 3.05) is 19.6 Å². The molecule has 0 aliphatic carbocycles. The Hall–Kier alpha value is -0.370. The molecule has 2 nitrogen and oxygen atoms in total. The Kier molecular flexibility index (Phi) is 10.9. The van der Waals surface area contributed by atoms with Crippen LogP contribution in [-0.4, -0.2) is 30.3 Å². The molecule has 0 aliphatic rings. The van der Waals surface area contributed by atoms with Gasteiger partial charge in [0.1, 0.15) is 5.78 Å². The maximum Gasteiger partial charge on any atom is 0.129 e. The van der Waals surface area contributed by atoms with Gasteiger partial charge in [0.05, 0.1) is 0 Å². The SMILES string of the molecule is CCCCN(CCCC)CCCCC(C)=O. The second-order valence-electron chi connectivity index (χ2n) is 4.71. The average molecular weight is 227 g/mol. The van der Waals surface area contributed by atoms with E-state index in [2.05, 4.69) is 18.7 Å². The third-order valence-electron chi connectivity index (χ3n) is 2.91. The normalized spacial score (nSPS) is 11.0. The fourth-order valence-corrected chi connectivity index (χ4v) is 1.81. The summed E-state index contributed by atoms with van der Waals surface area (Å²) >= 11 is 0. The summed E-state index contributed by atoms with van der Waals surface area (Å²) in [4.78, 5) is 13.4. The van der Waals surface area contributed by atoms with E-state index in [9.17, 15) is 4.79 Å². The van der Waals surface area contributed by atoms with E-state index >= 15 is 0 Å². The molecule has 0 spiro atoms. The van der Waals surface area contributed by atoms with Gasteiger partial charge in [0, 0.05) is 6.42 Å². The van der Waals surface area contributed by atoms with Crippen LogP contribution in [-0.2, 0) is 4.79 Å². The molecule has 0 aromatic carbocycles. The minimum atomic E-state index is 0.327. The summed E-state index contributed by atoms with van der Waals surface area (Å²) in [6.45, 7) is 9.81. The molecule has 0 fully saturated rings. The first-order valence-corrected chi connectivity index (χ1v) is 6.92. The summed E-state index contributed by atoms with van der Waals surface area (Å²) in [6.07, 6.45) is 8.14. The predicted molar refractivity (Wildman–Crippen MR) is 70.8 cm³/mol. The van der Waals surface area contributed by atoms with Gasteiger partial charge in [0.15, 0.2) is 0 Å². The van der Waals surface area contributed by atoms with Crippen LogP contribution in [0.5, 0.6) is 0 Å². The van der Waals surface area contributed by atoms with Crippen molar-refractivity contribution in [3.63, 3.8) is 0 Å². The molecule has 0 aromatic heterocycles. The van der Waals surface area contributed by atoms with E-state index in [0.29, 0.717) is 5.78 Å². The Morgan fingerprint density at radius 2 is 1.38 bits per heavy atom. The van der Waals surface area contributed by atoms with E-state index in [1.54, 1.807) is 6.92 Å². The lowest BCUT2D eigenvalue weighted by Gasteiger charge is -2.21. The highest BCUT2D eigenvalue weighted by atomic mass is 16.1. The number of hydrogen-bond acceptors (Lipinski definition) is 2. The quantitative estimate of drug-likeness (QED) is 0.502. The van der Waals surface area contributed by atoms with Crippen molar-refractivity contribution in [2.45, 2.75) is 65.7 Å². The lowest BCUT2D eigenvalue weighted by atomic mass is 10.1. The molecule has 16 heavy (non-hydrogen) atoms. The predicted octanol–water partition coefficient (Wildman–Crippen LogP) is 3.65. The van der Waals surface area contributed by atoms with Crippen molar-refractivity contribution in [2.24, 2.45) is 0 Å². The second-order valence-corrected chi connectivity index (χ2v) is 4.71. The van der Waals surface area contributed by atoms with Gasteiger partial charge in [-0.1, -0.05) is 26.7 Å². The first kappa shape index (κ1) is 15.6. The molecule has 0 atom stereocenters. The number of carbonyl (C=O) groups excluding carboxylic acids is 1. The molecule has 0 aliphatic heterocycles. The van der Waals surface area contributed by atoms with Crippen molar-refractivity contribution in [3.05, 3.63) is 0 Å². The molecule has 0 unspecified atom stereocenters. The summed E-state index contributed by atoms with van der Waals surface area (Å²) in [7, 11) is 0. The fraction of sp³-hybridized carbons (Fsp3) is 0.929. The molecule has 2 heteroatoms. The summed E-state index contributed by atoms with van der Waals surface area (Å²) < 4.78 is 0. The highest BCUT2D eigenvalue weighted by Crippen LogP contribution is 2.03. The largest absolute Gasteiger partial charge is 0.303 e. The van der Waals surface area contributed by atoms with Gasteiger partial charge in [-0.15, -0.1) is 0 Å². The molecular formula is C14H29NO. The van der Waals surface area contributed by atoms with Gasteiger partial charge in [-0.25, -0.2) is 0 Å². The van der Waals surface area contributed by atoms with Gasteiger partial charge in [0.25, 0.3) is 0 Å². The molecule has 0 aromatic rings. The number of hydrogen-bond donors (Lipinski definition) is 0. The molecule has 0 bridgehead atoms. The van der Waals surface area contributed by atoms with E-state index in [1.165, 1.54) is 51.7 Å². The summed E-state index contributed by atoms with van der Waals surface area (Å²) in [5, 5.41) is 0. The zero-order valence-corrected chi connectivity index (χ0v) is 11.4. The number of ketones is 1. The van der Waals surface area contributed by atoms with Crippen molar-refractivity contribution in [1.82, 2.24) is 4.90 Å². The third-order valence-corrected chi connectivity index (χ3v) is 2.91. The fourth-order valence-electron chi connectivity index (χ4n) is 1.81. The highest BCUT2D eigenvalue weighted by molar-refractivity contribution is 5.75. The zero-order chi connectivity index (χ0) is 12.2. The first-order chi connectivity index (χ1) is 7.70. The van der Waals surface area contributed by atoms with Gasteiger partial charge in [-0.05, 0) is 52.2 Å². The Morgan fingerprint density at radius 3 is 1.81 bits per heavy atom. The molecule has 0 N–H and O–H groups in total. The van der Waals surface area contributed by atoms with Gasteiger partial charge >= 0.3 is 0 Å². The number of nitrogens with zero attached hydrogens (tertiary/aromatic N) is 1. The van der Waals surface area contributed by atoms with Crippen molar-refractivity contribution in [1.29, 1.82) is 0 Å². The van der Waals surface area contributed by atoms with Crippen LogP contribution in [0.15, 0.2) is 0 Å². The summed E-state index contributed by atoms with van der Waals surface area (Å²) in [5.41, 5.74) is 0. The van der Waals surface area contributed by atoms with Crippen LogP contribution in [0.3, 0.4) is 0 Å². The molecule has 0 saturated heterocycles. The monoisotopic (exact) mass is 227 g/mol. The summed E-state index contributed by atoms with van der Waals surface area (Å²) in [5.74, 6) is 0.327. The van der Waals surface area contributed by atoms with Gasteiger partial charge < -0.3 is 9.69 Å². The number of unbranched alkanes of at least 4 members (excludes halogenated alkanes) is 3. The lowest BCUT2D eigenvalue weighted by Crippen LogP contribution is -2.27. The number of Topliss-reactive ketones (excluding diaryl/α,β-unsaturated/α-hetero) is 1. The Morgan fingerprint density at radius 1 is 0.875 bits per heavy atom. The standard InChI is InChI=1S/C14H29NO/c1-4-6-11-15(12-7-5-2)13-9-8-10-14(3)16/h4-13H2,1-3H3. The lowest BCUT2D eigenvalue weighted by molar-refractivity contribution is -0.117. The van der Waals surface area contributed by atoms with E-state index in [0.717, 1.165) is 12.8 Å². The van der Waals surface area contributed by atoms with Gasteiger partial charge in [0.2, 0.25) is 0 Å². The van der Waals surface area contributed by atoms with Crippen LogP contribution >= 0.6 is 0 Å². The van der Waals surface area contributed by atoms with E-state index in [4.69, 9.17) is 0 Å². The minimum absolute atomic E-state index is 0.327. The Labute approximate surface area is 101 Å². The highest BCUT2D eigenvalue weighted by Gasteiger charge is 2.03. The third kappa shape index (κ3) is 10.2. The molecule has 0 amide bonds. The molecule has 0 rings (SSSR count). The number of rotatable bonds is 11. The topological polar surface area (TPSA) is 20.3 Å². The number of carbonyl (C=O) groups is 1. The van der Waals surface area contributed by atoms with E-state index in [-0.39, 0.29) is 0 Å². The minimum Gasteiger partial charge on any atom is -0.303 e. The van der Waals surface area contributed by atoms with Crippen molar-refractivity contribution >= 4 is 5.78 Å². The Bertz CT molecular complexity index is 160. The van der Waals surface area contributed by atoms with Gasteiger partial charge in [-0.3, -0.25) is 0 Å². The van der Waals surface area contributed by atoms with Crippen LogP contribution < -0.4 is 0 Å². The van der Waals surface area contributed by atoms with E-state index in [1.807, 2.05) is 0 Å². The molecule has 96 valence electrons. The Balaban J connectivity index is 3.59. The van der Waals surface area contributed by atoms with Crippen molar-refractivity contribution < 1.29 is 4.79 Å². The molecule has 0 radical (unpaired) electrons. The van der Waals surface area contributed by atoms with Crippen LogP contribution in [0.2, 0.25) is 0 Å². The van der Waals surface area contributed by atoms with E-state index < -0.39 is 0 Å².